The SMILES string of the molecule is COc1cc(C)c2c(c1)CCO2. The number of ether oxygens (including phenoxy) is 2. The lowest BCUT2D eigenvalue weighted by Crippen LogP contribution is -1.88. The second-order valence-corrected chi connectivity index (χ2v) is 3.03. The van der Waals surface area contributed by atoms with Gasteiger partial charge in [0.2, 0.25) is 0 Å². The van der Waals surface area contributed by atoms with Gasteiger partial charge in [-0.05, 0) is 24.6 Å². The Morgan fingerprint density at radius 2 is 2.25 bits per heavy atom. The van der Waals surface area contributed by atoms with Crippen molar-refractivity contribution in [2.75, 3.05) is 13.7 Å². The zero-order chi connectivity index (χ0) is 8.55. The summed E-state index contributed by atoms with van der Waals surface area (Å²) < 4.78 is 10.6. The van der Waals surface area contributed by atoms with Gasteiger partial charge in [-0.15, -0.1) is 0 Å². The molecule has 0 saturated carbocycles. The molecule has 0 N–H and O–H groups in total. The van der Waals surface area contributed by atoms with Crippen LogP contribution in [0.15, 0.2) is 12.1 Å². The van der Waals surface area contributed by atoms with Gasteiger partial charge in [0.15, 0.2) is 0 Å². The summed E-state index contributed by atoms with van der Waals surface area (Å²) >= 11 is 0. The van der Waals surface area contributed by atoms with Crippen LogP contribution in [0.25, 0.3) is 0 Å². The summed E-state index contributed by atoms with van der Waals surface area (Å²) in [5.41, 5.74) is 2.44. The molecule has 0 aliphatic carbocycles. The molecule has 0 bridgehead atoms. The lowest BCUT2D eigenvalue weighted by Gasteiger charge is -2.06. The van der Waals surface area contributed by atoms with E-state index in [0.717, 1.165) is 24.5 Å². The average molecular weight is 164 g/mol. The number of hydrogen-bond acceptors (Lipinski definition) is 2. The lowest BCUT2D eigenvalue weighted by atomic mass is 10.1. The summed E-state index contributed by atoms with van der Waals surface area (Å²) in [7, 11) is 1.69. The molecule has 0 spiro atoms. The molecule has 0 saturated heterocycles. The van der Waals surface area contributed by atoms with Gasteiger partial charge in [-0.3, -0.25) is 0 Å². The minimum Gasteiger partial charge on any atom is -0.497 e. The number of hydrogen-bond donors (Lipinski definition) is 0. The third-order valence-electron chi connectivity index (χ3n) is 2.18. The Hall–Kier alpha value is -1.18. The summed E-state index contributed by atoms with van der Waals surface area (Å²) in [6.45, 7) is 2.86. The molecule has 0 aromatic heterocycles. The van der Waals surface area contributed by atoms with Crippen LogP contribution in [-0.2, 0) is 6.42 Å². The topological polar surface area (TPSA) is 18.5 Å². The van der Waals surface area contributed by atoms with Crippen LogP contribution < -0.4 is 9.47 Å². The molecule has 64 valence electrons. The third-order valence-corrected chi connectivity index (χ3v) is 2.18. The van der Waals surface area contributed by atoms with Crippen LogP contribution in [0.2, 0.25) is 0 Å². The molecule has 2 rings (SSSR count). The van der Waals surface area contributed by atoms with Gasteiger partial charge >= 0.3 is 0 Å². The number of rotatable bonds is 1. The normalized spacial score (nSPS) is 13.8. The smallest absolute Gasteiger partial charge is 0.125 e. The fourth-order valence-corrected chi connectivity index (χ4v) is 1.58. The van der Waals surface area contributed by atoms with Gasteiger partial charge in [0.05, 0.1) is 13.7 Å². The quantitative estimate of drug-likeness (QED) is 0.631. The molecule has 0 fully saturated rings. The van der Waals surface area contributed by atoms with E-state index in [4.69, 9.17) is 9.47 Å². The second-order valence-electron chi connectivity index (χ2n) is 3.03. The second kappa shape index (κ2) is 2.70. The molecule has 2 heteroatoms. The lowest BCUT2D eigenvalue weighted by molar-refractivity contribution is 0.354. The Kier molecular flexibility index (Phi) is 1.68. The van der Waals surface area contributed by atoms with Crippen LogP contribution in [0.3, 0.4) is 0 Å². The zero-order valence-electron chi connectivity index (χ0n) is 7.39. The summed E-state index contributed by atoms with van der Waals surface area (Å²) in [5.74, 6) is 1.98. The fraction of sp³-hybridized carbons (Fsp3) is 0.400. The van der Waals surface area contributed by atoms with E-state index < -0.39 is 0 Å². The Morgan fingerprint density at radius 1 is 1.42 bits per heavy atom. The minimum absolute atomic E-state index is 0.809. The first-order valence-electron chi connectivity index (χ1n) is 4.11. The van der Waals surface area contributed by atoms with Gasteiger partial charge in [-0.2, -0.15) is 0 Å². The highest BCUT2D eigenvalue weighted by molar-refractivity contribution is 5.48. The molecular weight excluding hydrogens is 152 g/mol. The molecule has 12 heavy (non-hydrogen) atoms. The van der Waals surface area contributed by atoms with Gasteiger partial charge in [0.1, 0.15) is 11.5 Å². The first-order chi connectivity index (χ1) is 5.81. The first-order valence-corrected chi connectivity index (χ1v) is 4.11. The van der Waals surface area contributed by atoms with Crippen molar-refractivity contribution in [3.8, 4) is 11.5 Å². The van der Waals surface area contributed by atoms with Crippen molar-refractivity contribution in [3.63, 3.8) is 0 Å². The average Bonchev–Trinajstić information content (AvgIpc) is 2.52. The molecule has 2 nitrogen and oxygen atoms in total. The zero-order valence-corrected chi connectivity index (χ0v) is 7.39. The van der Waals surface area contributed by atoms with Crippen LogP contribution in [-0.4, -0.2) is 13.7 Å². The van der Waals surface area contributed by atoms with Crippen molar-refractivity contribution < 1.29 is 9.47 Å². The van der Waals surface area contributed by atoms with Gasteiger partial charge in [-0.25, -0.2) is 0 Å². The van der Waals surface area contributed by atoms with Crippen molar-refractivity contribution in [1.29, 1.82) is 0 Å². The molecule has 0 unspecified atom stereocenters. The highest BCUT2D eigenvalue weighted by Crippen LogP contribution is 2.32. The summed E-state index contributed by atoms with van der Waals surface area (Å²) in [5, 5.41) is 0. The number of fused-ring (bicyclic) bond motifs is 1. The van der Waals surface area contributed by atoms with Crippen LogP contribution >= 0.6 is 0 Å². The summed E-state index contributed by atoms with van der Waals surface area (Å²) in [6.07, 6.45) is 1.01. The summed E-state index contributed by atoms with van der Waals surface area (Å²) in [4.78, 5) is 0. The van der Waals surface area contributed by atoms with Crippen molar-refractivity contribution in [3.05, 3.63) is 23.3 Å². The predicted molar refractivity (Wildman–Crippen MR) is 46.9 cm³/mol. The van der Waals surface area contributed by atoms with Crippen molar-refractivity contribution in [2.45, 2.75) is 13.3 Å². The van der Waals surface area contributed by atoms with Gasteiger partial charge in [-0.1, -0.05) is 0 Å². The predicted octanol–water partition coefficient (Wildman–Crippen LogP) is 1.94. The van der Waals surface area contributed by atoms with E-state index in [-0.39, 0.29) is 0 Å². The number of methoxy groups -OCH3 is 1. The molecule has 0 radical (unpaired) electrons. The van der Waals surface area contributed by atoms with Gasteiger partial charge in [0.25, 0.3) is 0 Å². The molecule has 1 aliphatic rings. The van der Waals surface area contributed by atoms with Gasteiger partial charge in [0, 0.05) is 12.0 Å². The first kappa shape index (κ1) is 7.47. The fourth-order valence-electron chi connectivity index (χ4n) is 1.58. The van der Waals surface area contributed by atoms with Gasteiger partial charge < -0.3 is 9.47 Å². The molecule has 1 heterocycles. The van der Waals surface area contributed by atoms with Crippen LogP contribution in [0.5, 0.6) is 11.5 Å². The Labute approximate surface area is 72.1 Å². The Morgan fingerprint density at radius 3 is 3.00 bits per heavy atom. The number of benzene rings is 1. The van der Waals surface area contributed by atoms with E-state index in [1.165, 1.54) is 11.1 Å². The van der Waals surface area contributed by atoms with E-state index >= 15 is 0 Å². The molecular formula is C10H12O2. The molecule has 1 aromatic carbocycles. The van der Waals surface area contributed by atoms with E-state index in [0.29, 0.717) is 0 Å². The maximum absolute atomic E-state index is 5.47. The summed E-state index contributed by atoms with van der Waals surface area (Å²) in [6, 6.07) is 4.06. The van der Waals surface area contributed by atoms with Crippen LogP contribution in [0, 0.1) is 6.92 Å². The minimum atomic E-state index is 0.809. The maximum atomic E-state index is 5.47. The van der Waals surface area contributed by atoms with E-state index in [9.17, 15) is 0 Å². The maximum Gasteiger partial charge on any atom is 0.125 e. The molecule has 1 aliphatic heterocycles. The molecule has 1 aromatic rings. The van der Waals surface area contributed by atoms with Crippen LogP contribution in [0.4, 0.5) is 0 Å². The van der Waals surface area contributed by atoms with Crippen molar-refractivity contribution in [2.24, 2.45) is 0 Å². The monoisotopic (exact) mass is 164 g/mol. The van der Waals surface area contributed by atoms with E-state index in [1.54, 1.807) is 7.11 Å². The van der Waals surface area contributed by atoms with Crippen molar-refractivity contribution in [1.82, 2.24) is 0 Å². The largest absolute Gasteiger partial charge is 0.497 e. The Balaban J connectivity index is 2.51. The standard InChI is InChI=1S/C10H12O2/c1-7-5-9(11-2)6-8-3-4-12-10(7)8/h5-6H,3-4H2,1-2H3. The van der Waals surface area contributed by atoms with Crippen LogP contribution in [0.1, 0.15) is 11.1 Å². The molecule has 0 amide bonds. The third kappa shape index (κ3) is 1.04. The number of aryl methyl sites for hydroxylation is 1. The molecule has 0 atom stereocenters. The van der Waals surface area contributed by atoms with E-state index in [1.807, 2.05) is 13.0 Å². The highest BCUT2D eigenvalue weighted by Gasteiger charge is 2.15. The highest BCUT2D eigenvalue weighted by atomic mass is 16.5. The van der Waals surface area contributed by atoms with Crippen molar-refractivity contribution >= 4 is 0 Å². The Bertz CT molecular complexity index is 305. The van der Waals surface area contributed by atoms with E-state index in [2.05, 4.69) is 6.07 Å².